The maximum absolute atomic E-state index is 6.10. The van der Waals surface area contributed by atoms with Crippen LogP contribution in [0.25, 0.3) is 5.57 Å². The lowest BCUT2D eigenvalue weighted by Crippen LogP contribution is -2.29. The van der Waals surface area contributed by atoms with Gasteiger partial charge in [0.15, 0.2) is 0 Å². The molecular weight excluding hydrogens is 310 g/mol. The Kier molecular flexibility index (Phi) is 3.50. The molecular formula is C22H23NO2. The first-order valence-electron chi connectivity index (χ1n) is 8.68. The summed E-state index contributed by atoms with van der Waals surface area (Å²) >= 11 is 0. The highest BCUT2D eigenvalue weighted by Gasteiger charge is 2.29. The van der Waals surface area contributed by atoms with Crippen molar-refractivity contribution in [1.29, 1.82) is 0 Å². The van der Waals surface area contributed by atoms with Crippen LogP contribution in [0.15, 0.2) is 59.6 Å². The van der Waals surface area contributed by atoms with E-state index in [0.29, 0.717) is 6.61 Å². The Balaban J connectivity index is 1.80. The van der Waals surface area contributed by atoms with E-state index in [0.717, 1.165) is 28.3 Å². The summed E-state index contributed by atoms with van der Waals surface area (Å²) in [6.07, 6.45) is 2.19. The van der Waals surface area contributed by atoms with E-state index in [2.05, 4.69) is 64.1 Å². The van der Waals surface area contributed by atoms with Gasteiger partial charge in [0.25, 0.3) is 0 Å². The second kappa shape index (κ2) is 5.48. The van der Waals surface area contributed by atoms with Gasteiger partial charge in [-0.1, -0.05) is 30.3 Å². The minimum Gasteiger partial charge on any atom is -0.483 e. The van der Waals surface area contributed by atoms with Gasteiger partial charge in [-0.05, 0) is 63.1 Å². The minimum absolute atomic E-state index is 0.155. The van der Waals surface area contributed by atoms with Crippen LogP contribution < -0.4 is 4.74 Å². The molecule has 2 heterocycles. The van der Waals surface area contributed by atoms with Gasteiger partial charge >= 0.3 is 0 Å². The molecule has 2 aromatic carbocycles. The smallest absolute Gasteiger partial charge is 0.216 e. The molecule has 0 atom stereocenters. The van der Waals surface area contributed by atoms with E-state index in [4.69, 9.17) is 14.5 Å². The molecule has 0 fully saturated rings. The zero-order chi connectivity index (χ0) is 17.7. The molecule has 3 heteroatoms. The maximum Gasteiger partial charge on any atom is 0.216 e. The molecule has 0 amide bonds. The molecule has 3 nitrogen and oxygen atoms in total. The maximum atomic E-state index is 6.10. The predicted octanol–water partition coefficient (Wildman–Crippen LogP) is 4.84. The van der Waals surface area contributed by atoms with Crippen LogP contribution in [-0.2, 0) is 4.74 Å². The fourth-order valence-corrected chi connectivity index (χ4v) is 3.31. The highest BCUT2D eigenvalue weighted by Crippen LogP contribution is 2.39. The average molecular weight is 333 g/mol. The van der Waals surface area contributed by atoms with E-state index in [1.165, 1.54) is 5.57 Å². The molecule has 25 heavy (non-hydrogen) atoms. The average Bonchev–Trinajstić information content (AvgIpc) is 2.93. The third-order valence-corrected chi connectivity index (χ3v) is 4.43. The Hall–Kier alpha value is -2.55. The van der Waals surface area contributed by atoms with Gasteiger partial charge in [0.05, 0.1) is 5.54 Å². The van der Waals surface area contributed by atoms with Gasteiger partial charge in [0, 0.05) is 11.1 Å². The highest BCUT2D eigenvalue weighted by molar-refractivity contribution is 5.97. The van der Waals surface area contributed by atoms with Crippen molar-refractivity contribution < 1.29 is 9.47 Å². The molecule has 2 aliphatic rings. The summed E-state index contributed by atoms with van der Waals surface area (Å²) in [6, 6.07) is 16.6. The van der Waals surface area contributed by atoms with Gasteiger partial charge in [0.1, 0.15) is 18.0 Å². The summed E-state index contributed by atoms with van der Waals surface area (Å²) in [5, 5.41) is 0. The molecule has 128 valence electrons. The van der Waals surface area contributed by atoms with Crippen LogP contribution in [-0.4, -0.2) is 23.6 Å². The molecule has 0 bridgehead atoms. The molecule has 2 aliphatic heterocycles. The van der Waals surface area contributed by atoms with Crippen molar-refractivity contribution in [3.05, 3.63) is 71.3 Å². The van der Waals surface area contributed by atoms with Crippen molar-refractivity contribution in [3.63, 3.8) is 0 Å². The summed E-state index contributed by atoms with van der Waals surface area (Å²) in [7, 11) is 0. The molecule has 0 radical (unpaired) electrons. The van der Waals surface area contributed by atoms with Crippen LogP contribution in [0, 0.1) is 0 Å². The fraction of sp³-hybridized carbons (Fsp3) is 0.318. The lowest BCUT2D eigenvalue weighted by molar-refractivity contribution is 0.158. The van der Waals surface area contributed by atoms with Crippen LogP contribution in [0.5, 0.6) is 5.75 Å². The molecule has 0 aliphatic carbocycles. The Morgan fingerprint density at radius 2 is 1.68 bits per heavy atom. The quantitative estimate of drug-likeness (QED) is 0.787. The van der Waals surface area contributed by atoms with Crippen LogP contribution in [0.3, 0.4) is 0 Å². The second-order valence-corrected chi connectivity index (χ2v) is 7.86. The van der Waals surface area contributed by atoms with E-state index in [1.54, 1.807) is 0 Å². The molecule has 0 spiro atoms. The number of benzene rings is 2. The summed E-state index contributed by atoms with van der Waals surface area (Å²) in [4.78, 5) is 4.70. The van der Waals surface area contributed by atoms with Crippen molar-refractivity contribution in [2.24, 2.45) is 4.99 Å². The zero-order valence-electron chi connectivity index (χ0n) is 15.2. The standard InChI is InChI=1S/C22H23NO2/c1-21(2)14-24-20(23-21)16-9-7-8-15(12-16)18-13-22(3,4)25-19-11-6-5-10-17(18)19/h5-13H,14H2,1-4H3. The number of hydrogen-bond acceptors (Lipinski definition) is 3. The van der Waals surface area contributed by atoms with Crippen molar-refractivity contribution in [1.82, 2.24) is 0 Å². The third-order valence-electron chi connectivity index (χ3n) is 4.43. The van der Waals surface area contributed by atoms with E-state index < -0.39 is 0 Å². The number of aliphatic imine (C=N–C) groups is 1. The first-order chi connectivity index (χ1) is 11.8. The second-order valence-electron chi connectivity index (χ2n) is 7.86. The Morgan fingerprint density at radius 3 is 2.44 bits per heavy atom. The van der Waals surface area contributed by atoms with Gasteiger partial charge in [-0.25, -0.2) is 4.99 Å². The monoisotopic (exact) mass is 333 g/mol. The third kappa shape index (κ3) is 3.07. The molecule has 0 aromatic heterocycles. The van der Waals surface area contributed by atoms with Crippen molar-refractivity contribution >= 4 is 11.5 Å². The van der Waals surface area contributed by atoms with Gasteiger partial charge < -0.3 is 9.47 Å². The van der Waals surface area contributed by atoms with E-state index in [1.807, 2.05) is 18.2 Å². The molecule has 0 unspecified atom stereocenters. The van der Waals surface area contributed by atoms with Gasteiger partial charge in [-0.15, -0.1) is 0 Å². The van der Waals surface area contributed by atoms with Crippen molar-refractivity contribution in [3.8, 4) is 5.75 Å². The number of nitrogens with zero attached hydrogens (tertiary/aromatic N) is 1. The zero-order valence-corrected chi connectivity index (χ0v) is 15.2. The number of rotatable bonds is 2. The van der Waals surface area contributed by atoms with Crippen LogP contribution in [0.1, 0.15) is 44.4 Å². The Labute approximate surface area is 149 Å². The lowest BCUT2D eigenvalue weighted by atomic mass is 9.89. The van der Waals surface area contributed by atoms with Gasteiger partial charge in [-0.3, -0.25) is 0 Å². The van der Waals surface area contributed by atoms with Crippen molar-refractivity contribution in [2.45, 2.75) is 38.8 Å². The van der Waals surface area contributed by atoms with E-state index in [9.17, 15) is 0 Å². The molecule has 2 aromatic rings. The number of para-hydroxylation sites is 1. The summed E-state index contributed by atoms with van der Waals surface area (Å²) in [5.74, 6) is 1.65. The van der Waals surface area contributed by atoms with Crippen LogP contribution in [0.4, 0.5) is 0 Å². The molecule has 4 rings (SSSR count). The molecule has 0 N–H and O–H groups in total. The Bertz CT molecular complexity index is 890. The minimum atomic E-state index is -0.344. The van der Waals surface area contributed by atoms with Crippen LogP contribution >= 0.6 is 0 Å². The van der Waals surface area contributed by atoms with Gasteiger partial charge in [-0.2, -0.15) is 0 Å². The number of hydrogen-bond donors (Lipinski definition) is 0. The van der Waals surface area contributed by atoms with E-state index >= 15 is 0 Å². The normalized spacial score (nSPS) is 20.0. The number of ether oxygens (including phenoxy) is 2. The van der Waals surface area contributed by atoms with Gasteiger partial charge in [0.2, 0.25) is 5.90 Å². The summed E-state index contributed by atoms with van der Waals surface area (Å²) in [6.45, 7) is 8.96. The van der Waals surface area contributed by atoms with Crippen LogP contribution in [0.2, 0.25) is 0 Å². The first-order valence-corrected chi connectivity index (χ1v) is 8.68. The lowest BCUT2D eigenvalue weighted by Gasteiger charge is -2.31. The predicted molar refractivity (Wildman–Crippen MR) is 101 cm³/mol. The molecule has 0 saturated heterocycles. The van der Waals surface area contributed by atoms with Crippen molar-refractivity contribution in [2.75, 3.05) is 6.61 Å². The summed E-state index contributed by atoms with van der Waals surface area (Å²) in [5.41, 5.74) is 3.98. The Morgan fingerprint density at radius 1 is 0.920 bits per heavy atom. The SMILES string of the molecule is CC1(C)COC(c2cccc(C3=CC(C)(C)Oc4ccccc43)c2)=N1. The van der Waals surface area contributed by atoms with E-state index in [-0.39, 0.29) is 11.1 Å². The topological polar surface area (TPSA) is 30.8 Å². The first kappa shape index (κ1) is 15.9. The summed E-state index contributed by atoms with van der Waals surface area (Å²) < 4.78 is 11.9. The number of fused-ring (bicyclic) bond motifs is 1. The largest absolute Gasteiger partial charge is 0.483 e. The fourth-order valence-electron chi connectivity index (χ4n) is 3.31. The molecule has 0 saturated carbocycles. The highest BCUT2D eigenvalue weighted by atomic mass is 16.5.